The lowest BCUT2D eigenvalue weighted by molar-refractivity contribution is -0.158. The smallest absolute Gasteiger partial charge is 0.394 e. The van der Waals surface area contributed by atoms with Gasteiger partial charge in [-0.3, -0.25) is 4.79 Å². The van der Waals surface area contributed by atoms with Crippen molar-refractivity contribution in [2.45, 2.75) is 25.2 Å². The maximum atomic E-state index is 12.8. The van der Waals surface area contributed by atoms with Crippen LogP contribution in [0.4, 0.5) is 17.6 Å². The molecular formula is C15H14F4N3O2P. The van der Waals surface area contributed by atoms with Gasteiger partial charge in [-0.25, -0.2) is 9.97 Å². The number of halogens is 4. The van der Waals surface area contributed by atoms with Gasteiger partial charge in [0.1, 0.15) is 11.6 Å². The largest absolute Gasteiger partial charge is 0.433 e. The number of amides is 1. The zero-order chi connectivity index (χ0) is 18.7. The number of ether oxygens (including phenoxy) is 1. The summed E-state index contributed by atoms with van der Waals surface area (Å²) in [5, 5.41) is 2.00. The van der Waals surface area contributed by atoms with Crippen LogP contribution in [0.15, 0.2) is 36.7 Å². The molecule has 134 valence electrons. The predicted octanol–water partition coefficient (Wildman–Crippen LogP) is 3.22. The van der Waals surface area contributed by atoms with Crippen molar-refractivity contribution in [2.75, 3.05) is 0 Å². The average molecular weight is 375 g/mol. The number of alkyl halides is 4. The van der Waals surface area contributed by atoms with Crippen molar-refractivity contribution in [1.29, 1.82) is 0 Å². The summed E-state index contributed by atoms with van der Waals surface area (Å²) in [4.78, 5) is 19.0. The Labute approximate surface area is 143 Å². The molecule has 1 unspecified atom stereocenters. The van der Waals surface area contributed by atoms with Crippen LogP contribution in [0.5, 0.6) is 5.75 Å². The number of benzene rings is 1. The molecule has 0 saturated carbocycles. The monoisotopic (exact) mass is 375 g/mol. The number of hydrogen-bond donors (Lipinski definition) is 1. The van der Waals surface area contributed by atoms with Gasteiger partial charge in [0.2, 0.25) is 0 Å². The van der Waals surface area contributed by atoms with Crippen molar-refractivity contribution >= 4 is 15.1 Å². The van der Waals surface area contributed by atoms with Crippen molar-refractivity contribution in [1.82, 2.24) is 15.3 Å². The minimum Gasteiger partial charge on any atom is -0.433 e. The zero-order valence-corrected chi connectivity index (χ0v) is 14.1. The maximum absolute atomic E-state index is 12.8. The summed E-state index contributed by atoms with van der Waals surface area (Å²) in [6.07, 6.45) is -0.417. The van der Waals surface area contributed by atoms with Crippen LogP contribution in [0.25, 0.3) is 11.1 Å². The molecule has 10 heteroatoms. The fourth-order valence-electron chi connectivity index (χ4n) is 1.79. The lowest BCUT2D eigenvalue weighted by atomic mass is 10.1. The second-order valence-electron chi connectivity index (χ2n) is 5.13. The van der Waals surface area contributed by atoms with E-state index in [2.05, 4.69) is 14.7 Å². The molecule has 2 aromatic rings. The van der Waals surface area contributed by atoms with E-state index in [4.69, 9.17) is 0 Å². The van der Waals surface area contributed by atoms with Crippen molar-refractivity contribution in [3.63, 3.8) is 0 Å². The van der Waals surface area contributed by atoms with Crippen LogP contribution in [-0.2, 0) is 11.3 Å². The molecule has 1 heterocycles. The zero-order valence-electron chi connectivity index (χ0n) is 13.0. The van der Waals surface area contributed by atoms with E-state index in [1.807, 2.05) is 5.32 Å². The van der Waals surface area contributed by atoms with Crippen molar-refractivity contribution in [3.05, 3.63) is 42.5 Å². The summed E-state index contributed by atoms with van der Waals surface area (Å²) in [6, 6.07) is 5.86. The molecule has 1 N–H and O–H groups in total. The summed E-state index contributed by atoms with van der Waals surface area (Å²) in [6.45, 7) is 0.390. The SMILES string of the molecule is CC(F)(F)Oc1ccc(-c2cnc(CNC(=O)C(F)(F)P)nc2)cc1. The van der Waals surface area contributed by atoms with E-state index in [-0.39, 0.29) is 18.1 Å². The van der Waals surface area contributed by atoms with Crippen LogP contribution in [0, 0.1) is 0 Å². The molecule has 5 nitrogen and oxygen atoms in total. The van der Waals surface area contributed by atoms with Gasteiger partial charge in [-0.05, 0) is 17.7 Å². The lowest BCUT2D eigenvalue weighted by Gasteiger charge is -2.13. The quantitative estimate of drug-likeness (QED) is 0.622. The molecular weight excluding hydrogens is 361 g/mol. The first-order valence-electron chi connectivity index (χ1n) is 6.98. The number of aromatic nitrogens is 2. The molecule has 0 saturated heterocycles. The number of carbonyl (C=O) groups excluding carboxylic acids is 1. The van der Waals surface area contributed by atoms with Gasteiger partial charge < -0.3 is 10.1 Å². The third-order valence-corrected chi connectivity index (χ3v) is 3.16. The molecule has 0 radical (unpaired) electrons. The highest BCUT2D eigenvalue weighted by Crippen LogP contribution is 2.25. The van der Waals surface area contributed by atoms with Crippen LogP contribution in [-0.4, -0.2) is 27.6 Å². The van der Waals surface area contributed by atoms with E-state index in [0.29, 0.717) is 18.1 Å². The Morgan fingerprint density at radius 3 is 2.16 bits per heavy atom. The summed E-state index contributed by atoms with van der Waals surface area (Å²) >= 11 is 0. The first kappa shape index (κ1) is 19.1. The minimum absolute atomic E-state index is 0.00913. The topological polar surface area (TPSA) is 64.1 Å². The highest BCUT2D eigenvalue weighted by atomic mass is 31.0. The summed E-state index contributed by atoms with van der Waals surface area (Å²) in [5.41, 5.74) is -2.32. The van der Waals surface area contributed by atoms with Gasteiger partial charge in [0.25, 0.3) is 5.91 Å². The lowest BCUT2D eigenvalue weighted by Crippen LogP contribution is -2.35. The van der Waals surface area contributed by atoms with Gasteiger partial charge in [-0.1, -0.05) is 21.4 Å². The highest BCUT2D eigenvalue weighted by molar-refractivity contribution is 7.20. The molecule has 1 atom stereocenters. The third-order valence-electron chi connectivity index (χ3n) is 2.90. The van der Waals surface area contributed by atoms with E-state index < -0.39 is 17.7 Å². The van der Waals surface area contributed by atoms with Crippen LogP contribution in [0.1, 0.15) is 12.7 Å². The number of carbonyl (C=O) groups is 1. The Kier molecular flexibility index (Phi) is 5.57. The summed E-state index contributed by atoms with van der Waals surface area (Å²) in [7, 11) is 1.14. The van der Waals surface area contributed by atoms with E-state index in [9.17, 15) is 22.4 Å². The van der Waals surface area contributed by atoms with E-state index >= 15 is 0 Å². The Morgan fingerprint density at radius 2 is 1.68 bits per heavy atom. The molecule has 1 amide bonds. The fourth-order valence-corrected chi connectivity index (χ4v) is 1.90. The Balaban J connectivity index is 2.01. The molecule has 0 bridgehead atoms. The molecule has 25 heavy (non-hydrogen) atoms. The summed E-state index contributed by atoms with van der Waals surface area (Å²) in [5.74, 6) is -1.29. The molecule has 0 spiro atoms. The van der Waals surface area contributed by atoms with Crippen LogP contribution >= 0.6 is 9.24 Å². The highest BCUT2D eigenvalue weighted by Gasteiger charge is 2.32. The maximum Gasteiger partial charge on any atom is 0.394 e. The van der Waals surface area contributed by atoms with Gasteiger partial charge in [0, 0.05) is 24.9 Å². The van der Waals surface area contributed by atoms with Crippen LogP contribution in [0.2, 0.25) is 0 Å². The fraction of sp³-hybridized carbons (Fsp3) is 0.267. The standard InChI is InChI=1S/C15H14F4N3O2P/c1-14(16,17)24-11-4-2-9(3-5-11)10-6-20-12(21-7-10)8-22-13(23)15(18,19)25/h2-7H,8,25H2,1H3,(H,22,23). The normalized spacial score (nSPS) is 11.9. The molecule has 0 aliphatic heterocycles. The van der Waals surface area contributed by atoms with E-state index in [0.717, 1.165) is 9.24 Å². The van der Waals surface area contributed by atoms with Gasteiger partial charge in [-0.2, -0.15) is 17.6 Å². The second-order valence-corrected chi connectivity index (χ2v) is 5.85. The number of rotatable bonds is 6. The third kappa shape index (κ3) is 5.94. The number of hydrogen-bond acceptors (Lipinski definition) is 4. The molecule has 2 rings (SSSR count). The van der Waals surface area contributed by atoms with Crippen molar-refractivity contribution in [2.24, 2.45) is 0 Å². The average Bonchev–Trinajstić information content (AvgIpc) is 2.51. The van der Waals surface area contributed by atoms with Crippen LogP contribution < -0.4 is 10.1 Å². The predicted molar refractivity (Wildman–Crippen MR) is 85.2 cm³/mol. The molecule has 0 aliphatic carbocycles. The first-order valence-corrected chi connectivity index (χ1v) is 7.55. The molecule has 0 fully saturated rings. The second kappa shape index (κ2) is 7.31. The van der Waals surface area contributed by atoms with Crippen molar-refractivity contribution in [3.8, 4) is 16.9 Å². The first-order chi connectivity index (χ1) is 11.5. The van der Waals surface area contributed by atoms with Gasteiger partial charge in [0.05, 0.1) is 6.54 Å². The number of nitrogens with zero attached hydrogens (tertiary/aromatic N) is 2. The number of nitrogens with one attached hydrogen (secondary N) is 1. The Hall–Kier alpha value is -2.28. The Bertz CT molecular complexity index is 728. The van der Waals surface area contributed by atoms with Crippen molar-refractivity contribution < 1.29 is 27.1 Å². The Morgan fingerprint density at radius 1 is 1.12 bits per heavy atom. The van der Waals surface area contributed by atoms with E-state index in [1.165, 1.54) is 24.5 Å². The van der Waals surface area contributed by atoms with Gasteiger partial charge in [-0.15, -0.1) is 0 Å². The molecule has 1 aromatic carbocycles. The van der Waals surface area contributed by atoms with Crippen LogP contribution in [0.3, 0.4) is 0 Å². The van der Waals surface area contributed by atoms with E-state index in [1.54, 1.807) is 12.1 Å². The van der Waals surface area contributed by atoms with Gasteiger partial charge >= 0.3 is 11.8 Å². The summed E-state index contributed by atoms with van der Waals surface area (Å²) < 4.78 is 55.3. The molecule has 1 aromatic heterocycles. The minimum atomic E-state index is -3.56. The molecule has 0 aliphatic rings. The van der Waals surface area contributed by atoms with Gasteiger partial charge in [0.15, 0.2) is 0 Å².